The molecule has 1 aliphatic heterocycles. The van der Waals surface area contributed by atoms with E-state index in [2.05, 4.69) is 15.2 Å². The number of nitrogens with zero attached hydrogens (tertiary/aromatic N) is 2. The molecule has 4 heteroatoms. The van der Waals surface area contributed by atoms with Gasteiger partial charge >= 0.3 is 0 Å². The first-order valence-electron chi connectivity index (χ1n) is 6.55. The van der Waals surface area contributed by atoms with Crippen LogP contribution in [-0.4, -0.2) is 18.1 Å². The standard InChI is InChI=1S/C15H16FN3/c1-2-17-14-4-3-5-15(18-14)19-9-8-11-6-7-12(16)10-13(11)19/h3-7,10H,2,8-9H2,1H3,(H,17,18). The molecule has 0 fully saturated rings. The molecule has 98 valence electrons. The van der Waals surface area contributed by atoms with Crippen molar-refractivity contribution < 1.29 is 4.39 Å². The molecular formula is C15H16FN3. The van der Waals surface area contributed by atoms with E-state index in [0.717, 1.165) is 36.8 Å². The van der Waals surface area contributed by atoms with Crippen LogP contribution in [0.25, 0.3) is 0 Å². The van der Waals surface area contributed by atoms with Crippen molar-refractivity contribution in [3.05, 3.63) is 47.8 Å². The van der Waals surface area contributed by atoms with E-state index in [1.165, 1.54) is 11.6 Å². The van der Waals surface area contributed by atoms with Gasteiger partial charge in [0.25, 0.3) is 0 Å². The number of rotatable bonds is 3. The SMILES string of the molecule is CCNc1cccc(N2CCc3ccc(F)cc32)n1. The summed E-state index contributed by atoms with van der Waals surface area (Å²) in [6, 6.07) is 10.8. The van der Waals surface area contributed by atoms with Crippen molar-refractivity contribution in [1.82, 2.24) is 4.98 Å². The summed E-state index contributed by atoms with van der Waals surface area (Å²) in [5, 5.41) is 3.19. The van der Waals surface area contributed by atoms with E-state index in [1.807, 2.05) is 31.2 Å². The van der Waals surface area contributed by atoms with Gasteiger partial charge in [0, 0.05) is 18.8 Å². The molecule has 0 saturated carbocycles. The van der Waals surface area contributed by atoms with Crippen LogP contribution in [0.5, 0.6) is 0 Å². The normalized spacial score (nSPS) is 13.5. The second-order valence-corrected chi connectivity index (χ2v) is 4.59. The second kappa shape index (κ2) is 4.88. The van der Waals surface area contributed by atoms with Crippen molar-refractivity contribution >= 4 is 17.3 Å². The lowest BCUT2D eigenvalue weighted by Crippen LogP contribution is -2.15. The van der Waals surface area contributed by atoms with Crippen molar-refractivity contribution in [2.24, 2.45) is 0 Å². The third kappa shape index (κ3) is 2.26. The van der Waals surface area contributed by atoms with Crippen molar-refractivity contribution in [1.29, 1.82) is 0 Å². The van der Waals surface area contributed by atoms with Gasteiger partial charge < -0.3 is 10.2 Å². The molecule has 0 unspecified atom stereocenters. The molecule has 1 N–H and O–H groups in total. The van der Waals surface area contributed by atoms with Crippen LogP contribution in [0, 0.1) is 5.82 Å². The van der Waals surface area contributed by atoms with Gasteiger partial charge in [-0.3, -0.25) is 0 Å². The Morgan fingerprint density at radius 1 is 1.32 bits per heavy atom. The Morgan fingerprint density at radius 3 is 3.05 bits per heavy atom. The summed E-state index contributed by atoms with van der Waals surface area (Å²) in [5.74, 6) is 1.51. The molecule has 2 heterocycles. The van der Waals surface area contributed by atoms with E-state index in [9.17, 15) is 4.39 Å². The summed E-state index contributed by atoms with van der Waals surface area (Å²) in [6.45, 7) is 3.72. The second-order valence-electron chi connectivity index (χ2n) is 4.59. The molecule has 1 aromatic heterocycles. The lowest BCUT2D eigenvalue weighted by atomic mass is 10.2. The van der Waals surface area contributed by atoms with E-state index in [-0.39, 0.29) is 5.82 Å². The van der Waals surface area contributed by atoms with E-state index in [0.29, 0.717) is 0 Å². The average Bonchev–Trinajstić information content (AvgIpc) is 2.82. The van der Waals surface area contributed by atoms with Gasteiger partial charge in [0.05, 0.1) is 0 Å². The van der Waals surface area contributed by atoms with E-state index in [4.69, 9.17) is 0 Å². The fourth-order valence-electron chi connectivity index (χ4n) is 2.44. The highest BCUT2D eigenvalue weighted by Gasteiger charge is 2.21. The number of anilines is 3. The Balaban J connectivity index is 1.96. The van der Waals surface area contributed by atoms with Crippen LogP contribution in [0.3, 0.4) is 0 Å². The number of benzene rings is 1. The van der Waals surface area contributed by atoms with Crippen molar-refractivity contribution in [3.8, 4) is 0 Å². The molecule has 0 radical (unpaired) electrons. The highest BCUT2D eigenvalue weighted by molar-refractivity contribution is 5.68. The van der Waals surface area contributed by atoms with E-state index in [1.54, 1.807) is 6.07 Å². The van der Waals surface area contributed by atoms with Crippen LogP contribution in [0.15, 0.2) is 36.4 Å². The zero-order valence-electron chi connectivity index (χ0n) is 10.9. The first-order chi connectivity index (χ1) is 9.28. The minimum atomic E-state index is -0.200. The van der Waals surface area contributed by atoms with Crippen molar-refractivity contribution in [2.45, 2.75) is 13.3 Å². The zero-order valence-corrected chi connectivity index (χ0v) is 10.9. The van der Waals surface area contributed by atoms with Crippen LogP contribution < -0.4 is 10.2 Å². The minimum absolute atomic E-state index is 0.200. The zero-order chi connectivity index (χ0) is 13.2. The smallest absolute Gasteiger partial charge is 0.135 e. The molecule has 2 aromatic rings. The molecular weight excluding hydrogens is 241 g/mol. The van der Waals surface area contributed by atoms with Gasteiger partial charge in [-0.15, -0.1) is 0 Å². The Morgan fingerprint density at radius 2 is 2.21 bits per heavy atom. The maximum absolute atomic E-state index is 13.4. The number of nitrogens with one attached hydrogen (secondary N) is 1. The van der Waals surface area contributed by atoms with Gasteiger partial charge in [-0.05, 0) is 43.2 Å². The largest absolute Gasteiger partial charge is 0.370 e. The molecule has 3 rings (SSSR count). The molecule has 19 heavy (non-hydrogen) atoms. The van der Waals surface area contributed by atoms with Crippen LogP contribution in [0.4, 0.5) is 21.7 Å². The van der Waals surface area contributed by atoms with Crippen molar-refractivity contribution in [3.63, 3.8) is 0 Å². The Bertz CT molecular complexity index is 598. The summed E-state index contributed by atoms with van der Waals surface area (Å²) < 4.78 is 13.4. The number of pyridine rings is 1. The van der Waals surface area contributed by atoms with Gasteiger partial charge in [-0.2, -0.15) is 0 Å². The van der Waals surface area contributed by atoms with Gasteiger partial charge in [-0.1, -0.05) is 12.1 Å². The first-order valence-corrected chi connectivity index (χ1v) is 6.55. The molecule has 0 bridgehead atoms. The average molecular weight is 257 g/mol. The fraction of sp³-hybridized carbons (Fsp3) is 0.267. The van der Waals surface area contributed by atoms with Crippen LogP contribution in [-0.2, 0) is 6.42 Å². The number of aromatic nitrogens is 1. The third-order valence-electron chi connectivity index (χ3n) is 3.31. The summed E-state index contributed by atoms with van der Waals surface area (Å²) >= 11 is 0. The van der Waals surface area contributed by atoms with Gasteiger partial charge in [0.15, 0.2) is 0 Å². The monoisotopic (exact) mass is 257 g/mol. The van der Waals surface area contributed by atoms with Gasteiger partial charge in [0.2, 0.25) is 0 Å². The summed E-state index contributed by atoms with van der Waals surface area (Å²) in [7, 11) is 0. The summed E-state index contributed by atoms with van der Waals surface area (Å²) in [6.07, 6.45) is 0.933. The molecule has 1 aliphatic rings. The predicted octanol–water partition coefficient (Wildman–Crippen LogP) is 3.35. The molecule has 0 atom stereocenters. The first kappa shape index (κ1) is 12.0. The lowest BCUT2D eigenvalue weighted by molar-refractivity contribution is 0.628. The fourth-order valence-corrected chi connectivity index (χ4v) is 2.44. The quantitative estimate of drug-likeness (QED) is 0.914. The molecule has 3 nitrogen and oxygen atoms in total. The van der Waals surface area contributed by atoms with Crippen LogP contribution >= 0.6 is 0 Å². The Labute approximate surface area is 112 Å². The Kier molecular flexibility index (Phi) is 3.07. The molecule has 1 aromatic carbocycles. The highest BCUT2D eigenvalue weighted by atomic mass is 19.1. The van der Waals surface area contributed by atoms with Crippen LogP contribution in [0.1, 0.15) is 12.5 Å². The highest BCUT2D eigenvalue weighted by Crippen LogP contribution is 2.34. The van der Waals surface area contributed by atoms with Crippen molar-refractivity contribution in [2.75, 3.05) is 23.3 Å². The topological polar surface area (TPSA) is 28.2 Å². The van der Waals surface area contributed by atoms with Gasteiger partial charge in [-0.25, -0.2) is 9.37 Å². The number of hydrogen-bond acceptors (Lipinski definition) is 3. The number of hydrogen-bond donors (Lipinski definition) is 1. The molecule has 0 aliphatic carbocycles. The number of fused-ring (bicyclic) bond motifs is 1. The maximum atomic E-state index is 13.4. The molecule has 0 saturated heterocycles. The summed E-state index contributed by atoms with van der Waals surface area (Å²) in [4.78, 5) is 6.63. The summed E-state index contributed by atoms with van der Waals surface area (Å²) in [5.41, 5.74) is 2.11. The third-order valence-corrected chi connectivity index (χ3v) is 3.31. The number of halogens is 1. The Hall–Kier alpha value is -2.10. The van der Waals surface area contributed by atoms with E-state index >= 15 is 0 Å². The van der Waals surface area contributed by atoms with Crippen LogP contribution in [0.2, 0.25) is 0 Å². The van der Waals surface area contributed by atoms with Gasteiger partial charge in [0.1, 0.15) is 17.5 Å². The maximum Gasteiger partial charge on any atom is 0.135 e. The van der Waals surface area contributed by atoms with E-state index < -0.39 is 0 Å². The molecule has 0 amide bonds. The molecule has 0 spiro atoms. The lowest BCUT2D eigenvalue weighted by Gasteiger charge is -2.19. The predicted molar refractivity (Wildman–Crippen MR) is 75.5 cm³/mol. The minimum Gasteiger partial charge on any atom is -0.370 e.